The van der Waals surface area contributed by atoms with E-state index in [2.05, 4.69) is 20.7 Å². The van der Waals surface area contributed by atoms with Crippen LogP contribution in [0.15, 0.2) is 57.9 Å². The molecule has 0 unspecified atom stereocenters. The molecule has 2 aromatic carbocycles. The Kier molecular flexibility index (Phi) is 4.09. The molecule has 1 N–H and O–H groups in total. The van der Waals surface area contributed by atoms with Crippen LogP contribution in [-0.4, -0.2) is 15.0 Å². The van der Waals surface area contributed by atoms with Crippen molar-refractivity contribution in [2.75, 3.05) is 6.54 Å². The second kappa shape index (κ2) is 5.76. The van der Waals surface area contributed by atoms with Gasteiger partial charge in [-0.25, -0.2) is 17.5 Å². The van der Waals surface area contributed by atoms with Crippen molar-refractivity contribution in [1.29, 1.82) is 0 Å². The second-order valence-electron chi connectivity index (χ2n) is 5.54. The second-order valence-corrected chi connectivity index (χ2v) is 8.13. The molecule has 0 aromatic heterocycles. The summed E-state index contributed by atoms with van der Waals surface area (Å²) in [6.45, 7) is 0.322. The van der Waals surface area contributed by atoms with Crippen LogP contribution in [0.4, 0.5) is 4.39 Å². The highest BCUT2D eigenvalue weighted by Crippen LogP contribution is 2.47. The van der Waals surface area contributed by atoms with E-state index in [-0.39, 0.29) is 16.1 Å². The minimum atomic E-state index is -3.57. The first-order valence-electron chi connectivity index (χ1n) is 6.93. The third kappa shape index (κ3) is 3.09. The van der Waals surface area contributed by atoms with Gasteiger partial charge in [0.05, 0.1) is 4.90 Å². The quantitative estimate of drug-likeness (QED) is 0.857. The molecule has 116 valence electrons. The summed E-state index contributed by atoms with van der Waals surface area (Å²) in [5.74, 6) is -0.284. The molecule has 0 heterocycles. The average Bonchev–Trinajstić information content (AvgIpc) is 3.27. The molecule has 0 saturated heterocycles. The number of sulfonamides is 1. The Labute approximate surface area is 137 Å². The summed E-state index contributed by atoms with van der Waals surface area (Å²) >= 11 is 3.26. The Morgan fingerprint density at radius 1 is 1.09 bits per heavy atom. The van der Waals surface area contributed by atoms with E-state index in [0.717, 1.165) is 18.4 Å². The number of benzene rings is 2. The summed E-state index contributed by atoms with van der Waals surface area (Å²) in [7, 11) is -3.57. The summed E-state index contributed by atoms with van der Waals surface area (Å²) in [5, 5.41) is 0. The van der Waals surface area contributed by atoms with E-state index in [4.69, 9.17) is 0 Å². The third-order valence-corrected chi connectivity index (χ3v) is 6.45. The molecule has 22 heavy (non-hydrogen) atoms. The fourth-order valence-electron chi connectivity index (χ4n) is 2.50. The number of nitrogens with one attached hydrogen (secondary N) is 1. The van der Waals surface area contributed by atoms with Crippen LogP contribution in [0.25, 0.3) is 0 Å². The number of hydrogen-bond acceptors (Lipinski definition) is 2. The van der Waals surface area contributed by atoms with Gasteiger partial charge < -0.3 is 0 Å². The fraction of sp³-hybridized carbons (Fsp3) is 0.250. The molecule has 1 fully saturated rings. The highest BCUT2D eigenvalue weighted by Gasteiger charge is 2.44. The molecule has 0 amide bonds. The van der Waals surface area contributed by atoms with Gasteiger partial charge >= 0.3 is 0 Å². The largest absolute Gasteiger partial charge is 0.241 e. The van der Waals surface area contributed by atoms with Gasteiger partial charge in [0.25, 0.3) is 0 Å². The highest BCUT2D eigenvalue weighted by molar-refractivity contribution is 9.10. The van der Waals surface area contributed by atoms with Crippen LogP contribution < -0.4 is 4.72 Å². The number of hydrogen-bond donors (Lipinski definition) is 1. The molecule has 0 atom stereocenters. The zero-order chi connectivity index (χ0) is 15.8. The van der Waals surface area contributed by atoms with E-state index >= 15 is 0 Å². The Morgan fingerprint density at radius 2 is 1.73 bits per heavy atom. The van der Waals surface area contributed by atoms with Crippen molar-refractivity contribution in [1.82, 2.24) is 4.72 Å². The molecule has 1 aliphatic rings. The molecular weight excluding hydrogens is 369 g/mol. The SMILES string of the molecule is O=S(=O)(NCC1(c2ccc(F)cc2)CC1)c1ccccc1Br. The Hall–Kier alpha value is -1.24. The Bertz CT molecular complexity index is 786. The lowest BCUT2D eigenvalue weighted by molar-refractivity contribution is 0.565. The Balaban J connectivity index is 1.77. The minimum absolute atomic E-state index is 0.206. The lowest BCUT2D eigenvalue weighted by Gasteiger charge is -2.17. The number of rotatable bonds is 5. The molecular formula is C16H15BrFNO2S. The summed E-state index contributed by atoms with van der Waals surface area (Å²) in [4.78, 5) is 0.227. The van der Waals surface area contributed by atoms with Gasteiger partial charge in [-0.15, -0.1) is 0 Å². The van der Waals surface area contributed by atoms with Crippen LogP contribution in [0.5, 0.6) is 0 Å². The van der Waals surface area contributed by atoms with Crippen molar-refractivity contribution in [2.24, 2.45) is 0 Å². The maximum absolute atomic E-state index is 13.0. The molecule has 0 spiro atoms. The number of halogens is 2. The minimum Gasteiger partial charge on any atom is -0.210 e. The molecule has 3 nitrogen and oxygen atoms in total. The smallest absolute Gasteiger partial charge is 0.210 e. The molecule has 6 heteroatoms. The highest BCUT2D eigenvalue weighted by atomic mass is 79.9. The zero-order valence-electron chi connectivity index (χ0n) is 11.7. The lowest BCUT2D eigenvalue weighted by atomic mass is 9.96. The summed E-state index contributed by atoms with van der Waals surface area (Å²) in [6.07, 6.45) is 1.80. The predicted octanol–water partition coefficient (Wildman–Crippen LogP) is 3.60. The van der Waals surface area contributed by atoms with E-state index in [1.165, 1.54) is 12.1 Å². The first-order valence-corrected chi connectivity index (χ1v) is 9.21. The van der Waals surface area contributed by atoms with Gasteiger partial charge in [0.1, 0.15) is 5.82 Å². The van der Waals surface area contributed by atoms with Crippen molar-refractivity contribution >= 4 is 26.0 Å². The van der Waals surface area contributed by atoms with Crippen LogP contribution >= 0.6 is 15.9 Å². The van der Waals surface area contributed by atoms with Gasteiger partial charge in [-0.1, -0.05) is 24.3 Å². The first-order chi connectivity index (χ1) is 10.4. The van der Waals surface area contributed by atoms with E-state index in [0.29, 0.717) is 11.0 Å². The maximum atomic E-state index is 13.0. The van der Waals surface area contributed by atoms with E-state index < -0.39 is 10.0 Å². The maximum Gasteiger partial charge on any atom is 0.241 e. The van der Waals surface area contributed by atoms with E-state index in [9.17, 15) is 12.8 Å². The monoisotopic (exact) mass is 383 g/mol. The van der Waals surface area contributed by atoms with Crippen LogP contribution in [0.1, 0.15) is 18.4 Å². The van der Waals surface area contributed by atoms with Gasteiger partial charge in [-0.05, 0) is 58.6 Å². The van der Waals surface area contributed by atoms with Crippen LogP contribution in [0.3, 0.4) is 0 Å². The topological polar surface area (TPSA) is 46.2 Å². The molecule has 0 bridgehead atoms. The summed E-state index contributed by atoms with van der Waals surface area (Å²) in [6, 6.07) is 13.0. The Morgan fingerprint density at radius 3 is 2.32 bits per heavy atom. The fourth-order valence-corrected chi connectivity index (χ4v) is 4.62. The normalized spacial score (nSPS) is 16.5. The lowest BCUT2D eigenvalue weighted by Crippen LogP contribution is -2.32. The van der Waals surface area contributed by atoms with Crippen LogP contribution in [-0.2, 0) is 15.4 Å². The molecule has 1 aliphatic carbocycles. The van der Waals surface area contributed by atoms with Crippen molar-refractivity contribution in [3.05, 3.63) is 64.4 Å². The van der Waals surface area contributed by atoms with Crippen LogP contribution in [0, 0.1) is 5.82 Å². The van der Waals surface area contributed by atoms with Crippen LogP contribution in [0.2, 0.25) is 0 Å². The zero-order valence-corrected chi connectivity index (χ0v) is 14.1. The average molecular weight is 384 g/mol. The molecule has 1 saturated carbocycles. The van der Waals surface area contributed by atoms with Crippen molar-refractivity contribution in [3.8, 4) is 0 Å². The van der Waals surface area contributed by atoms with Crippen molar-refractivity contribution in [2.45, 2.75) is 23.2 Å². The standard InChI is InChI=1S/C16H15BrFNO2S/c17-14-3-1-2-4-15(14)22(20,21)19-11-16(9-10-16)12-5-7-13(18)8-6-12/h1-8,19H,9-11H2. The van der Waals surface area contributed by atoms with Crippen molar-refractivity contribution in [3.63, 3.8) is 0 Å². The van der Waals surface area contributed by atoms with Gasteiger partial charge in [0.15, 0.2) is 0 Å². The summed E-state index contributed by atoms with van der Waals surface area (Å²) in [5.41, 5.74) is 0.769. The first kappa shape index (κ1) is 15.6. The van der Waals surface area contributed by atoms with Gasteiger partial charge in [-0.2, -0.15) is 0 Å². The van der Waals surface area contributed by atoms with Gasteiger partial charge in [0.2, 0.25) is 10.0 Å². The molecule has 3 rings (SSSR count). The molecule has 0 aliphatic heterocycles. The van der Waals surface area contributed by atoms with Gasteiger partial charge in [0, 0.05) is 16.4 Å². The van der Waals surface area contributed by atoms with E-state index in [1.54, 1.807) is 36.4 Å². The molecule has 0 radical (unpaired) electrons. The summed E-state index contributed by atoms with van der Waals surface area (Å²) < 4.78 is 41.1. The predicted molar refractivity (Wildman–Crippen MR) is 86.6 cm³/mol. The van der Waals surface area contributed by atoms with E-state index in [1.807, 2.05) is 0 Å². The molecule has 2 aromatic rings. The van der Waals surface area contributed by atoms with Crippen molar-refractivity contribution < 1.29 is 12.8 Å². The third-order valence-electron chi connectivity index (χ3n) is 4.04. The van der Waals surface area contributed by atoms with Gasteiger partial charge in [-0.3, -0.25) is 0 Å².